The summed E-state index contributed by atoms with van der Waals surface area (Å²) in [6, 6.07) is 7.76. The average Bonchev–Trinajstić information content (AvgIpc) is 3.26. The highest BCUT2D eigenvalue weighted by Crippen LogP contribution is 2.37. The number of thiophene rings is 1. The molecule has 0 aliphatic carbocycles. The van der Waals surface area contributed by atoms with Crippen LogP contribution in [0.4, 0.5) is 0 Å². The zero-order valence-corrected chi connectivity index (χ0v) is 14.9. The molecule has 0 saturated heterocycles. The van der Waals surface area contributed by atoms with E-state index in [0.29, 0.717) is 22.2 Å². The topological polar surface area (TPSA) is 104 Å². The molecular weight excluding hydrogens is 354 g/mol. The fourth-order valence-corrected chi connectivity index (χ4v) is 3.18. The number of unbranched alkanes of at least 4 members (excludes halogenated alkanes) is 1. The molecule has 0 radical (unpaired) electrons. The van der Waals surface area contributed by atoms with Gasteiger partial charge < -0.3 is 10.2 Å². The van der Waals surface area contributed by atoms with Gasteiger partial charge in [-0.25, -0.2) is 0 Å². The van der Waals surface area contributed by atoms with Gasteiger partial charge in [-0.3, -0.25) is 14.2 Å². The van der Waals surface area contributed by atoms with Crippen molar-refractivity contribution >= 4 is 33.9 Å². The molecule has 1 aromatic carbocycles. The summed E-state index contributed by atoms with van der Waals surface area (Å²) in [6.45, 7) is 2.48. The Balaban J connectivity index is 1.87. The molecule has 0 saturated carbocycles. The van der Waals surface area contributed by atoms with Crippen LogP contribution in [0.25, 0.3) is 10.8 Å². The fourth-order valence-electron chi connectivity index (χ4n) is 2.57. The number of fused-ring (bicyclic) bond motifs is 1. The first-order valence-corrected chi connectivity index (χ1v) is 8.99. The quantitative estimate of drug-likeness (QED) is 0.651. The molecule has 3 aromatic rings. The second-order valence-corrected chi connectivity index (χ2v) is 6.65. The number of hydrogen-bond donors (Lipinski definition) is 2. The van der Waals surface area contributed by atoms with Crippen LogP contribution in [0.1, 0.15) is 39.8 Å². The molecular formula is C18H17N3O4S. The van der Waals surface area contributed by atoms with Gasteiger partial charge in [0.15, 0.2) is 0 Å². The number of carbonyl (C=O) groups is 2. The Hall–Kier alpha value is -3.00. The molecule has 0 bridgehead atoms. The molecule has 3 rings (SSSR count). The van der Waals surface area contributed by atoms with Gasteiger partial charge in [0.25, 0.3) is 5.91 Å². The predicted octanol–water partition coefficient (Wildman–Crippen LogP) is 4.35. The van der Waals surface area contributed by atoms with Crippen molar-refractivity contribution in [2.45, 2.75) is 26.3 Å². The van der Waals surface area contributed by atoms with E-state index in [0.717, 1.165) is 12.8 Å². The maximum atomic E-state index is 12.2. The molecule has 0 aliphatic heterocycles. The van der Waals surface area contributed by atoms with Crippen LogP contribution in [0.15, 0.2) is 45.9 Å². The standard InChI is InChI=1S/C18H17N3O4S/c1-2-3-8-21-17(24)12-7-6-11(10-13(12)18(21)25)15(22)19-20-16(23)14-5-4-9-26-14/h4-7,9-10,24-25H,2-3,8H2,1H3. The average molecular weight is 371 g/mol. The molecule has 0 fully saturated rings. The van der Waals surface area contributed by atoms with Gasteiger partial charge in [0.05, 0.1) is 4.88 Å². The fraction of sp³-hybridized carbons (Fsp3) is 0.222. The van der Waals surface area contributed by atoms with Crippen LogP contribution in [0.2, 0.25) is 0 Å². The molecule has 0 aliphatic rings. The maximum Gasteiger partial charge on any atom is 0.305 e. The van der Waals surface area contributed by atoms with Gasteiger partial charge in [0.1, 0.15) is 0 Å². The molecule has 0 spiro atoms. The normalized spacial score (nSPS) is 11.4. The number of benzene rings is 1. The summed E-state index contributed by atoms with van der Waals surface area (Å²) < 4.78 is 1.41. The molecule has 0 atom stereocenters. The highest BCUT2D eigenvalue weighted by Gasteiger charge is 2.17. The molecule has 8 heteroatoms. The van der Waals surface area contributed by atoms with Gasteiger partial charge in [0, 0.05) is 22.9 Å². The minimum absolute atomic E-state index is 0.0422. The van der Waals surface area contributed by atoms with Crippen molar-refractivity contribution in [1.29, 1.82) is 0 Å². The van der Waals surface area contributed by atoms with Crippen LogP contribution in [-0.4, -0.2) is 26.6 Å². The molecule has 0 unspecified atom stereocenters. The van der Waals surface area contributed by atoms with Crippen LogP contribution in [-0.2, 0) is 6.54 Å². The largest absolute Gasteiger partial charge is 0.494 e. The molecule has 2 N–H and O–H groups in total. The Labute approximate surface area is 153 Å². The maximum absolute atomic E-state index is 12.2. The lowest BCUT2D eigenvalue weighted by atomic mass is 10.1. The summed E-state index contributed by atoms with van der Waals surface area (Å²) in [5.41, 5.74) is 0.170. The molecule has 7 nitrogen and oxygen atoms in total. The zero-order chi connectivity index (χ0) is 18.7. The summed E-state index contributed by atoms with van der Waals surface area (Å²) in [7, 11) is 0. The van der Waals surface area contributed by atoms with E-state index in [1.165, 1.54) is 34.1 Å². The van der Waals surface area contributed by atoms with Gasteiger partial charge in [0.2, 0.25) is 11.8 Å². The van der Waals surface area contributed by atoms with Crippen LogP contribution in [0.5, 0.6) is 11.8 Å². The van der Waals surface area contributed by atoms with Crippen molar-refractivity contribution in [2.75, 3.05) is 0 Å². The van der Waals surface area contributed by atoms with Crippen LogP contribution >= 0.6 is 11.3 Å². The third-order valence-corrected chi connectivity index (χ3v) is 4.82. The summed E-state index contributed by atoms with van der Waals surface area (Å²) >= 11 is 1.21. The predicted molar refractivity (Wildman–Crippen MR) is 98.0 cm³/mol. The third-order valence-electron chi connectivity index (χ3n) is 3.96. The number of rotatable bonds is 5. The van der Waals surface area contributed by atoms with Gasteiger partial charge >= 0.3 is 5.91 Å². The van der Waals surface area contributed by atoms with E-state index < -0.39 is 11.8 Å². The summed E-state index contributed by atoms with van der Waals surface area (Å²) in [5, 5.41) is 30.0. The van der Waals surface area contributed by atoms with Crippen molar-refractivity contribution in [3.8, 4) is 11.8 Å². The lowest BCUT2D eigenvalue weighted by molar-refractivity contribution is 0.0949. The Morgan fingerprint density at radius 1 is 1.08 bits per heavy atom. The number of aromatic hydroxyl groups is 2. The number of hydrogen-bond acceptors (Lipinski definition) is 5. The summed E-state index contributed by atoms with van der Waals surface area (Å²) in [4.78, 5) is 24.4. The lowest BCUT2D eigenvalue weighted by Gasteiger charge is -2.04. The number of azo groups is 1. The van der Waals surface area contributed by atoms with Gasteiger partial charge in [-0.1, -0.05) is 19.4 Å². The molecule has 2 heterocycles. The van der Waals surface area contributed by atoms with Gasteiger partial charge in [-0.2, -0.15) is 0 Å². The highest BCUT2D eigenvalue weighted by molar-refractivity contribution is 7.12. The number of amides is 2. The molecule has 2 amide bonds. The first-order chi connectivity index (χ1) is 12.5. The first kappa shape index (κ1) is 17.8. The van der Waals surface area contributed by atoms with Crippen LogP contribution < -0.4 is 0 Å². The Kier molecular flexibility index (Phi) is 5.13. The SMILES string of the molecule is CCCCn1c(O)c2ccc(C(=O)N=NC(=O)c3cccs3)cc2c1O. The second kappa shape index (κ2) is 7.49. The van der Waals surface area contributed by atoms with Gasteiger partial charge in [-0.15, -0.1) is 21.6 Å². The van der Waals surface area contributed by atoms with E-state index in [4.69, 9.17) is 0 Å². The highest BCUT2D eigenvalue weighted by atomic mass is 32.1. The smallest absolute Gasteiger partial charge is 0.305 e. The number of aromatic nitrogens is 1. The van der Waals surface area contributed by atoms with E-state index in [1.54, 1.807) is 17.5 Å². The Morgan fingerprint density at radius 3 is 2.50 bits per heavy atom. The van der Waals surface area contributed by atoms with Crippen molar-refractivity contribution in [3.63, 3.8) is 0 Å². The number of nitrogens with zero attached hydrogens (tertiary/aromatic N) is 3. The number of carbonyl (C=O) groups excluding carboxylic acids is 2. The third kappa shape index (κ3) is 3.36. The lowest BCUT2D eigenvalue weighted by Crippen LogP contribution is -1.96. The first-order valence-electron chi connectivity index (χ1n) is 8.11. The monoisotopic (exact) mass is 371 g/mol. The van der Waals surface area contributed by atoms with Crippen LogP contribution in [0, 0.1) is 0 Å². The minimum atomic E-state index is -0.697. The minimum Gasteiger partial charge on any atom is -0.494 e. The molecule has 134 valence electrons. The van der Waals surface area contributed by atoms with E-state index in [2.05, 4.69) is 10.2 Å². The van der Waals surface area contributed by atoms with E-state index in [-0.39, 0.29) is 17.3 Å². The van der Waals surface area contributed by atoms with Gasteiger partial charge in [-0.05, 0) is 36.1 Å². The zero-order valence-electron chi connectivity index (χ0n) is 14.0. The van der Waals surface area contributed by atoms with Crippen molar-refractivity contribution in [2.24, 2.45) is 10.2 Å². The van der Waals surface area contributed by atoms with Crippen molar-refractivity contribution in [1.82, 2.24) is 4.57 Å². The van der Waals surface area contributed by atoms with E-state index in [9.17, 15) is 19.8 Å². The van der Waals surface area contributed by atoms with Crippen molar-refractivity contribution < 1.29 is 19.8 Å². The van der Waals surface area contributed by atoms with Crippen LogP contribution in [0.3, 0.4) is 0 Å². The molecule has 26 heavy (non-hydrogen) atoms. The van der Waals surface area contributed by atoms with Crippen molar-refractivity contribution in [3.05, 3.63) is 46.2 Å². The summed E-state index contributed by atoms with van der Waals surface area (Å²) in [6.07, 6.45) is 1.71. The second-order valence-electron chi connectivity index (χ2n) is 5.70. The Morgan fingerprint density at radius 2 is 1.81 bits per heavy atom. The summed E-state index contributed by atoms with van der Waals surface area (Å²) in [5.74, 6) is -1.43. The van der Waals surface area contributed by atoms with E-state index in [1.807, 2.05) is 6.92 Å². The van der Waals surface area contributed by atoms with E-state index >= 15 is 0 Å². The molecule has 2 aromatic heterocycles. The Bertz CT molecular complexity index is 990.